The molecular weight excluding hydrogens is 430 g/mol. The number of hydrogen-bond acceptors (Lipinski definition) is 7. The summed E-state index contributed by atoms with van der Waals surface area (Å²) < 4.78 is 38.0. The molecule has 11 heteroatoms. The van der Waals surface area contributed by atoms with Crippen LogP contribution >= 0.6 is 11.3 Å². The fourth-order valence-electron chi connectivity index (χ4n) is 3.52. The molecule has 0 aliphatic carbocycles. The zero-order valence-corrected chi connectivity index (χ0v) is 18.8. The molecule has 1 aromatic carbocycles. The molecule has 1 atom stereocenters. The maximum Gasteiger partial charge on any atom is 0.337 e. The molecule has 9 nitrogen and oxygen atoms in total. The predicted molar refractivity (Wildman–Crippen MR) is 113 cm³/mol. The number of amides is 1. The lowest BCUT2D eigenvalue weighted by Crippen LogP contribution is -2.47. The van der Waals surface area contributed by atoms with Gasteiger partial charge in [-0.15, -0.1) is 0 Å². The van der Waals surface area contributed by atoms with Crippen LogP contribution in [0.4, 0.5) is 0 Å². The van der Waals surface area contributed by atoms with Gasteiger partial charge in [0.05, 0.1) is 35.8 Å². The summed E-state index contributed by atoms with van der Waals surface area (Å²) >= 11 is 1.26. The van der Waals surface area contributed by atoms with E-state index < -0.39 is 27.9 Å². The SMILES string of the molecule is COCCn1c(=NC(=O)C2CCCCN2S(C)(=O)=O)sc2cc(C(=O)OC)ccc21. The Kier molecular flexibility index (Phi) is 7.06. The minimum Gasteiger partial charge on any atom is -0.465 e. The number of piperidine rings is 1. The van der Waals surface area contributed by atoms with Crippen molar-refractivity contribution in [3.05, 3.63) is 28.6 Å². The van der Waals surface area contributed by atoms with E-state index in [0.717, 1.165) is 29.3 Å². The van der Waals surface area contributed by atoms with Crippen LogP contribution in [0.5, 0.6) is 0 Å². The van der Waals surface area contributed by atoms with E-state index in [1.54, 1.807) is 25.3 Å². The average Bonchev–Trinajstić information content (AvgIpc) is 3.06. The third-order valence-corrected chi connectivity index (χ3v) is 7.32. The molecule has 1 aliphatic heterocycles. The number of carbonyl (C=O) groups excluding carboxylic acids is 2. The number of hydrogen-bond donors (Lipinski definition) is 0. The van der Waals surface area contributed by atoms with Crippen molar-refractivity contribution in [2.75, 3.05) is 33.6 Å². The molecule has 30 heavy (non-hydrogen) atoms. The lowest BCUT2D eigenvalue weighted by atomic mass is 10.0. The molecule has 2 heterocycles. The minimum absolute atomic E-state index is 0.323. The second-order valence-electron chi connectivity index (χ2n) is 7.04. The van der Waals surface area contributed by atoms with Crippen molar-refractivity contribution >= 4 is 43.5 Å². The van der Waals surface area contributed by atoms with Crippen LogP contribution in [0.2, 0.25) is 0 Å². The molecule has 0 spiro atoms. The number of rotatable bonds is 6. The summed E-state index contributed by atoms with van der Waals surface area (Å²) in [5, 5.41) is 0. The van der Waals surface area contributed by atoms with Crippen molar-refractivity contribution in [1.29, 1.82) is 0 Å². The van der Waals surface area contributed by atoms with E-state index in [4.69, 9.17) is 9.47 Å². The Hall–Kier alpha value is -2.08. The number of methoxy groups -OCH3 is 2. The van der Waals surface area contributed by atoms with Gasteiger partial charge in [0.15, 0.2) is 4.80 Å². The minimum atomic E-state index is -3.50. The van der Waals surface area contributed by atoms with E-state index in [0.29, 0.717) is 36.5 Å². The molecule has 1 unspecified atom stereocenters. The van der Waals surface area contributed by atoms with Crippen LogP contribution in [0.3, 0.4) is 0 Å². The standard InChI is InChI=1S/C19H25N3O6S2/c1-27-11-10-21-14-8-7-13(18(24)28-2)12-16(14)29-19(21)20-17(23)15-6-4-5-9-22(15)30(3,25)26/h7-8,12,15H,4-6,9-11H2,1-3H3. The Balaban J connectivity index is 2.06. The largest absolute Gasteiger partial charge is 0.465 e. The van der Waals surface area contributed by atoms with Crippen molar-refractivity contribution in [3.63, 3.8) is 0 Å². The smallest absolute Gasteiger partial charge is 0.337 e. The number of fused-ring (bicyclic) bond motifs is 1. The van der Waals surface area contributed by atoms with E-state index in [1.165, 1.54) is 22.8 Å². The van der Waals surface area contributed by atoms with Gasteiger partial charge in [-0.25, -0.2) is 13.2 Å². The molecule has 1 fully saturated rings. The molecule has 1 aliphatic rings. The molecule has 1 aromatic heterocycles. The van der Waals surface area contributed by atoms with Crippen LogP contribution in [-0.2, 0) is 30.8 Å². The number of thiazole rings is 1. The zero-order valence-electron chi connectivity index (χ0n) is 17.2. The highest BCUT2D eigenvalue weighted by molar-refractivity contribution is 7.88. The van der Waals surface area contributed by atoms with Crippen molar-refractivity contribution in [1.82, 2.24) is 8.87 Å². The Morgan fingerprint density at radius 2 is 2.03 bits per heavy atom. The highest BCUT2D eigenvalue weighted by Gasteiger charge is 2.34. The lowest BCUT2D eigenvalue weighted by Gasteiger charge is -2.31. The van der Waals surface area contributed by atoms with Gasteiger partial charge >= 0.3 is 5.97 Å². The molecule has 0 radical (unpaired) electrons. The molecule has 164 valence electrons. The van der Waals surface area contributed by atoms with Crippen molar-refractivity contribution in [2.24, 2.45) is 4.99 Å². The molecule has 0 N–H and O–H groups in total. The number of ether oxygens (including phenoxy) is 2. The molecule has 2 aromatic rings. The quantitative estimate of drug-likeness (QED) is 0.609. The number of esters is 1. The van der Waals surface area contributed by atoms with Crippen molar-refractivity contribution in [2.45, 2.75) is 31.8 Å². The Bertz CT molecular complexity index is 1120. The lowest BCUT2D eigenvalue weighted by molar-refractivity contribution is -0.122. The summed E-state index contributed by atoms with van der Waals surface area (Å²) in [5.74, 6) is -0.930. The molecule has 1 saturated heterocycles. The maximum atomic E-state index is 13.0. The summed E-state index contributed by atoms with van der Waals surface area (Å²) in [6.07, 6.45) is 3.07. The monoisotopic (exact) mass is 455 g/mol. The van der Waals surface area contributed by atoms with Crippen LogP contribution in [-0.4, -0.2) is 68.8 Å². The van der Waals surface area contributed by atoms with E-state index in [-0.39, 0.29) is 0 Å². The molecule has 0 bridgehead atoms. The zero-order chi connectivity index (χ0) is 21.9. The fourth-order valence-corrected chi connectivity index (χ4v) is 5.74. The predicted octanol–water partition coefficient (Wildman–Crippen LogP) is 1.38. The highest BCUT2D eigenvalue weighted by atomic mass is 32.2. The number of benzene rings is 1. The third-order valence-electron chi connectivity index (χ3n) is 4.99. The summed E-state index contributed by atoms with van der Waals surface area (Å²) in [7, 11) is -0.604. The average molecular weight is 456 g/mol. The van der Waals surface area contributed by atoms with Gasteiger partial charge in [-0.2, -0.15) is 9.30 Å². The van der Waals surface area contributed by atoms with Gasteiger partial charge in [0.1, 0.15) is 6.04 Å². The summed E-state index contributed by atoms with van der Waals surface area (Å²) in [6, 6.07) is 4.34. The highest BCUT2D eigenvalue weighted by Crippen LogP contribution is 2.22. The molecule has 3 rings (SSSR count). The topological polar surface area (TPSA) is 107 Å². The Morgan fingerprint density at radius 3 is 2.70 bits per heavy atom. The third kappa shape index (κ3) is 4.80. The second kappa shape index (κ2) is 9.38. The Labute approximate surface area is 179 Å². The van der Waals surface area contributed by atoms with E-state index >= 15 is 0 Å². The van der Waals surface area contributed by atoms with Gasteiger partial charge < -0.3 is 14.0 Å². The fraction of sp³-hybridized carbons (Fsp3) is 0.526. The summed E-state index contributed by atoms with van der Waals surface area (Å²) in [4.78, 5) is 29.5. The first-order valence-corrected chi connectivity index (χ1v) is 12.2. The first-order chi connectivity index (χ1) is 14.3. The maximum absolute atomic E-state index is 13.0. The normalized spacial score (nSPS) is 18.6. The number of carbonyl (C=O) groups is 2. The van der Waals surface area contributed by atoms with Crippen molar-refractivity contribution in [3.8, 4) is 0 Å². The van der Waals surface area contributed by atoms with Gasteiger partial charge in [0, 0.05) is 20.2 Å². The van der Waals surface area contributed by atoms with E-state index in [9.17, 15) is 18.0 Å². The van der Waals surface area contributed by atoms with Crippen LogP contribution < -0.4 is 4.80 Å². The van der Waals surface area contributed by atoms with Gasteiger partial charge in [0.2, 0.25) is 10.0 Å². The van der Waals surface area contributed by atoms with Crippen LogP contribution in [0, 0.1) is 0 Å². The van der Waals surface area contributed by atoms with Gasteiger partial charge in [-0.05, 0) is 31.0 Å². The van der Waals surface area contributed by atoms with Crippen LogP contribution in [0.25, 0.3) is 10.2 Å². The van der Waals surface area contributed by atoms with Crippen molar-refractivity contribution < 1.29 is 27.5 Å². The first kappa shape index (κ1) is 22.6. The van der Waals surface area contributed by atoms with Gasteiger partial charge in [-0.1, -0.05) is 17.8 Å². The molecular formula is C19H25N3O6S2. The van der Waals surface area contributed by atoms with Crippen LogP contribution in [0.15, 0.2) is 23.2 Å². The van der Waals surface area contributed by atoms with E-state index in [2.05, 4.69) is 4.99 Å². The van der Waals surface area contributed by atoms with Gasteiger partial charge in [0.25, 0.3) is 5.91 Å². The number of nitrogens with zero attached hydrogens (tertiary/aromatic N) is 3. The van der Waals surface area contributed by atoms with Gasteiger partial charge in [-0.3, -0.25) is 4.79 Å². The van der Waals surface area contributed by atoms with Crippen LogP contribution in [0.1, 0.15) is 29.6 Å². The number of aromatic nitrogens is 1. The first-order valence-electron chi connectivity index (χ1n) is 9.52. The molecule has 0 saturated carbocycles. The van der Waals surface area contributed by atoms with E-state index in [1.807, 2.05) is 4.57 Å². The second-order valence-corrected chi connectivity index (χ2v) is 9.98. The summed E-state index contributed by atoms with van der Waals surface area (Å²) in [6.45, 7) is 1.19. The number of sulfonamides is 1. The molecule has 1 amide bonds. The Morgan fingerprint density at radius 1 is 1.27 bits per heavy atom. The summed E-state index contributed by atoms with van der Waals surface area (Å²) in [5.41, 5.74) is 1.21.